The maximum absolute atomic E-state index is 6.11. The monoisotopic (exact) mass is 506 g/mol. The molecule has 150 valence electrons. The predicted octanol–water partition coefficient (Wildman–Crippen LogP) is 3.34. The summed E-state index contributed by atoms with van der Waals surface area (Å²) in [6.07, 6.45) is 4.13. The summed E-state index contributed by atoms with van der Waals surface area (Å²) in [7, 11) is 1.78. The second kappa shape index (κ2) is 11.1. The Kier molecular flexibility index (Phi) is 9.14. The molecule has 27 heavy (non-hydrogen) atoms. The Morgan fingerprint density at radius 1 is 1.48 bits per heavy atom. The number of aromatic amines is 1. The van der Waals surface area contributed by atoms with Gasteiger partial charge in [0.25, 0.3) is 0 Å². The van der Waals surface area contributed by atoms with Crippen molar-refractivity contribution >= 4 is 52.4 Å². The summed E-state index contributed by atoms with van der Waals surface area (Å²) in [5.74, 6) is 0.779. The number of halogens is 2. The highest BCUT2D eigenvalue weighted by molar-refractivity contribution is 14.0. The summed E-state index contributed by atoms with van der Waals surface area (Å²) in [6.45, 7) is 5.01. The Morgan fingerprint density at radius 2 is 2.33 bits per heavy atom. The van der Waals surface area contributed by atoms with Gasteiger partial charge in [0.15, 0.2) is 5.96 Å². The molecular formula is C19H28ClIN4O2. The molecule has 1 aromatic heterocycles. The molecule has 0 radical (unpaired) electrons. The van der Waals surface area contributed by atoms with Gasteiger partial charge in [-0.05, 0) is 43.5 Å². The highest BCUT2D eigenvalue weighted by atomic mass is 127. The van der Waals surface area contributed by atoms with Crippen molar-refractivity contribution in [3.8, 4) is 0 Å². The Balaban J connectivity index is 0.00000261. The van der Waals surface area contributed by atoms with Crippen LogP contribution in [0.1, 0.15) is 18.9 Å². The SMILES string of the molecule is CN=C(NCCc1c[nH]c2ccc(Cl)cc12)NC(C)COC1CCOC1.I. The van der Waals surface area contributed by atoms with Gasteiger partial charge in [-0.2, -0.15) is 0 Å². The third-order valence-electron chi connectivity index (χ3n) is 4.49. The first-order valence-electron chi connectivity index (χ1n) is 9.07. The molecule has 1 aromatic carbocycles. The summed E-state index contributed by atoms with van der Waals surface area (Å²) in [6, 6.07) is 6.08. The smallest absolute Gasteiger partial charge is 0.191 e. The molecule has 0 bridgehead atoms. The normalized spacial score (nSPS) is 18.3. The first kappa shape index (κ1) is 22.3. The fourth-order valence-corrected chi connectivity index (χ4v) is 3.24. The second-order valence-electron chi connectivity index (χ2n) is 6.62. The number of rotatable bonds is 7. The fourth-order valence-electron chi connectivity index (χ4n) is 3.07. The molecule has 6 nitrogen and oxygen atoms in total. The van der Waals surface area contributed by atoms with Crippen molar-refractivity contribution in [3.05, 3.63) is 35.0 Å². The molecule has 3 rings (SSSR count). The molecular weight excluding hydrogens is 479 g/mol. The number of nitrogens with one attached hydrogen (secondary N) is 3. The molecule has 0 amide bonds. The molecule has 2 aromatic rings. The lowest BCUT2D eigenvalue weighted by Gasteiger charge is -2.19. The van der Waals surface area contributed by atoms with Crippen molar-refractivity contribution in [1.82, 2.24) is 15.6 Å². The minimum absolute atomic E-state index is 0. The minimum Gasteiger partial charge on any atom is -0.379 e. The van der Waals surface area contributed by atoms with E-state index in [1.807, 2.05) is 24.4 Å². The summed E-state index contributed by atoms with van der Waals surface area (Å²) >= 11 is 6.11. The molecule has 2 heterocycles. The largest absolute Gasteiger partial charge is 0.379 e. The number of ether oxygens (including phenoxy) is 2. The average molecular weight is 507 g/mol. The van der Waals surface area contributed by atoms with Crippen molar-refractivity contribution < 1.29 is 9.47 Å². The molecule has 8 heteroatoms. The van der Waals surface area contributed by atoms with E-state index in [0.717, 1.165) is 42.5 Å². The molecule has 1 saturated heterocycles. The molecule has 0 spiro atoms. The molecule has 0 saturated carbocycles. The molecule has 1 fully saturated rings. The van der Waals surface area contributed by atoms with Gasteiger partial charge in [0.1, 0.15) is 0 Å². The standard InChI is InChI=1S/C19H27ClN4O2.HI/c1-13(11-26-16-6-8-25-12-16)24-19(21-2)22-7-5-14-10-23-18-4-3-15(20)9-17(14)18;/h3-4,9-10,13,16,23H,5-8,11-12H2,1-2H3,(H2,21,22,24);1H. The Hall–Kier alpha value is -1.03. The van der Waals surface area contributed by atoms with Crippen molar-refractivity contribution in [2.45, 2.75) is 31.9 Å². The number of nitrogens with zero attached hydrogens (tertiary/aromatic N) is 1. The zero-order valence-electron chi connectivity index (χ0n) is 15.8. The summed E-state index contributed by atoms with van der Waals surface area (Å²) in [4.78, 5) is 7.57. The van der Waals surface area contributed by atoms with Gasteiger partial charge in [0.05, 0.1) is 19.3 Å². The van der Waals surface area contributed by atoms with Crippen LogP contribution < -0.4 is 10.6 Å². The molecule has 1 aliphatic rings. The number of aliphatic imine (C=N–C) groups is 1. The van der Waals surface area contributed by atoms with E-state index >= 15 is 0 Å². The number of H-pyrrole nitrogens is 1. The minimum atomic E-state index is 0. The van der Waals surface area contributed by atoms with Gasteiger partial charge >= 0.3 is 0 Å². The fraction of sp³-hybridized carbons (Fsp3) is 0.526. The van der Waals surface area contributed by atoms with E-state index in [2.05, 4.69) is 27.5 Å². The van der Waals surface area contributed by atoms with Gasteiger partial charge in [0.2, 0.25) is 0 Å². The third-order valence-corrected chi connectivity index (χ3v) is 4.73. The number of benzene rings is 1. The molecule has 0 aliphatic carbocycles. The lowest BCUT2D eigenvalue weighted by molar-refractivity contribution is 0.0347. The quantitative estimate of drug-likeness (QED) is 0.306. The third kappa shape index (κ3) is 6.51. The van der Waals surface area contributed by atoms with Gasteiger partial charge in [0, 0.05) is 48.4 Å². The van der Waals surface area contributed by atoms with E-state index in [9.17, 15) is 0 Å². The maximum Gasteiger partial charge on any atom is 0.191 e. The summed E-state index contributed by atoms with van der Waals surface area (Å²) < 4.78 is 11.2. The van der Waals surface area contributed by atoms with Crippen LogP contribution in [0.2, 0.25) is 5.02 Å². The van der Waals surface area contributed by atoms with Gasteiger partial charge in [-0.25, -0.2) is 0 Å². The molecule has 2 unspecified atom stereocenters. The Bertz CT molecular complexity index is 746. The van der Waals surface area contributed by atoms with Gasteiger partial charge in [-0.1, -0.05) is 11.6 Å². The van der Waals surface area contributed by atoms with Crippen LogP contribution in [0.25, 0.3) is 10.9 Å². The van der Waals surface area contributed by atoms with Crippen LogP contribution in [0.3, 0.4) is 0 Å². The predicted molar refractivity (Wildman–Crippen MR) is 122 cm³/mol. The van der Waals surface area contributed by atoms with Gasteiger partial charge < -0.3 is 25.1 Å². The van der Waals surface area contributed by atoms with Crippen LogP contribution in [0.15, 0.2) is 29.4 Å². The average Bonchev–Trinajstić information content (AvgIpc) is 3.29. The van der Waals surface area contributed by atoms with E-state index in [1.54, 1.807) is 7.05 Å². The number of hydrogen-bond donors (Lipinski definition) is 3. The van der Waals surface area contributed by atoms with Gasteiger partial charge in [-0.15, -0.1) is 24.0 Å². The number of fused-ring (bicyclic) bond motifs is 1. The van der Waals surface area contributed by atoms with Crippen LogP contribution in [0, 0.1) is 0 Å². The van der Waals surface area contributed by atoms with Crippen LogP contribution in [0.5, 0.6) is 0 Å². The lowest BCUT2D eigenvalue weighted by atomic mass is 10.1. The van der Waals surface area contributed by atoms with E-state index in [4.69, 9.17) is 21.1 Å². The molecule has 2 atom stereocenters. The lowest BCUT2D eigenvalue weighted by Crippen LogP contribution is -2.45. The van der Waals surface area contributed by atoms with E-state index in [-0.39, 0.29) is 36.1 Å². The molecule has 1 aliphatic heterocycles. The zero-order chi connectivity index (χ0) is 18.4. The Labute approximate surface area is 182 Å². The van der Waals surface area contributed by atoms with Gasteiger partial charge in [-0.3, -0.25) is 4.99 Å². The van der Waals surface area contributed by atoms with Crippen LogP contribution in [-0.4, -0.2) is 56.5 Å². The van der Waals surface area contributed by atoms with E-state index in [0.29, 0.717) is 13.2 Å². The summed E-state index contributed by atoms with van der Waals surface area (Å²) in [5.41, 5.74) is 2.34. The molecule has 3 N–H and O–H groups in total. The van der Waals surface area contributed by atoms with Crippen LogP contribution >= 0.6 is 35.6 Å². The maximum atomic E-state index is 6.11. The second-order valence-corrected chi connectivity index (χ2v) is 7.05. The first-order chi connectivity index (χ1) is 12.7. The van der Waals surface area contributed by atoms with Crippen molar-refractivity contribution in [3.63, 3.8) is 0 Å². The number of aromatic nitrogens is 1. The number of hydrogen-bond acceptors (Lipinski definition) is 3. The zero-order valence-corrected chi connectivity index (χ0v) is 18.8. The Morgan fingerprint density at radius 3 is 3.07 bits per heavy atom. The number of guanidine groups is 1. The van der Waals surface area contributed by atoms with E-state index < -0.39 is 0 Å². The van der Waals surface area contributed by atoms with Crippen molar-refractivity contribution in [2.75, 3.05) is 33.4 Å². The van der Waals surface area contributed by atoms with Crippen molar-refractivity contribution in [2.24, 2.45) is 4.99 Å². The van der Waals surface area contributed by atoms with E-state index in [1.165, 1.54) is 10.9 Å². The highest BCUT2D eigenvalue weighted by Crippen LogP contribution is 2.22. The first-order valence-corrected chi connectivity index (χ1v) is 9.45. The van der Waals surface area contributed by atoms with Crippen LogP contribution in [0.4, 0.5) is 0 Å². The van der Waals surface area contributed by atoms with Crippen LogP contribution in [-0.2, 0) is 15.9 Å². The topological polar surface area (TPSA) is 70.7 Å². The summed E-state index contributed by atoms with van der Waals surface area (Å²) in [5, 5.41) is 8.64. The highest BCUT2D eigenvalue weighted by Gasteiger charge is 2.17. The van der Waals surface area contributed by atoms with Crippen molar-refractivity contribution in [1.29, 1.82) is 0 Å².